The molecule has 4 nitrogen and oxygen atoms in total. The first-order valence-corrected chi connectivity index (χ1v) is 5.53. The molecule has 0 bridgehead atoms. The lowest BCUT2D eigenvalue weighted by Gasteiger charge is -2.04. The van der Waals surface area contributed by atoms with Gasteiger partial charge >= 0.3 is 0 Å². The molecule has 1 heterocycles. The predicted molar refractivity (Wildman–Crippen MR) is 63.5 cm³/mol. The molecule has 0 aliphatic heterocycles. The largest absolute Gasteiger partial charge is 0.405 e. The molecule has 0 spiro atoms. The number of nitrogens with zero attached hydrogens (tertiary/aromatic N) is 3. The van der Waals surface area contributed by atoms with Crippen molar-refractivity contribution in [2.45, 2.75) is 20.1 Å². The van der Waals surface area contributed by atoms with Crippen molar-refractivity contribution in [2.24, 2.45) is 0 Å². The lowest BCUT2D eigenvalue weighted by atomic mass is 10.2. The molecule has 0 saturated carbocycles. The van der Waals surface area contributed by atoms with Gasteiger partial charge in [0.05, 0.1) is 0 Å². The Hall–Kier alpha value is -1.62. The summed E-state index contributed by atoms with van der Waals surface area (Å²) in [5.41, 5.74) is 1.11. The lowest BCUT2D eigenvalue weighted by Crippen LogP contribution is -2.11. The Kier molecular flexibility index (Phi) is 3.36. The highest BCUT2D eigenvalue weighted by molar-refractivity contribution is 7.71. The minimum atomic E-state index is 0.491. The van der Waals surface area contributed by atoms with Gasteiger partial charge < -0.3 is 4.84 Å². The molecule has 0 aliphatic carbocycles. The Morgan fingerprint density at radius 3 is 2.69 bits per heavy atom. The fraction of sp³-hybridized carbons (Fsp3) is 0.273. The van der Waals surface area contributed by atoms with Crippen LogP contribution in [0.25, 0.3) is 0 Å². The van der Waals surface area contributed by atoms with E-state index in [0.29, 0.717) is 11.4 Å². The average Bonchev–Trinajstić information content (AvgIpc) is 2.69. The van der Waals surface area contributed by atoms with E-state index < -0.39 is 0 Å². The summed E-state index contributed by atoms with van der Waals surface area (Å²) < 4.78 is 3.81. The second-order valence-electron chi connectivity index (χ2n) is 3.31. The van der Waals surface area contributed by atoms with Crippen molar-refractivity contribution in [3.05, 3.63) is 47.0 Å². The monoisotopic (exact) mass is 235 g/mol. The third-order valence-electron chi connectivity index (χ3n) is 2.22. The number of rotatable bonds is 4. The number of aromatic nitrogens is 3. The normalized spacial score (nSPS) is 10.3. The molecule has 0 unspecified atom stereocenters. The molecule has 1 aromatic carbocycles. The summed E-state index contributed by atoms with van der Waals surface area (Å²) in [4.78, 5) is 5.53. The van der Waals surface area contributed by atoms with Gasteiger partial charge in [-0.3, -0.25) is 0 Å². The summed E-state index contributed by atoms with van der Waals surface area (Å²) in [5.74, 6) is 0. The van der Waals surface area contributed by atoms with Crippen molar-refractivity contribution in [1.82, 2.24) is 14.5 Å². The fourth-order valence-electron chi connectivity index (χ4n) is 1.35. The van der Waals surface area contributed by atoms with Gasteiger partial charge in [-0.2, -0.15) is 5.10 Å². The quantitative estimate of drug-likeness (QED) is 0.760. The first-order chi connectivity index (χ1) is 7.81. The lowest BCUT2D eigenvalue weighted by molar-refractivity contribution is 0.0921. The zero-order valence-corrected chi connectivity index (χ0v) is 9.85. The van der Waals surface area contributed by atoms with E-state index in [4.69, 9.17) is 17.1 Å². The van der Waals surface area contributed by atoms with Crippen LogP contribution in [0.2, 0.25) is 0 Å². The van der Waals surface area contributed by atoms with Crippen LogP contribution in [-0.4, -0.2) is 14.5 Å². The summed E-state index contributed by atoms with van der Waals surface area (Å²) in [7, 11) is 0. The van der Waals surface area contributed by atoms with Crippen molar-refractivity contribution >= 4 is 12.2 Å². The predicted octanol–water partition coefficient (Wildman–Crippen LogP) is 2.06. The van der Waals surface area contributed by atoms with Gasteiger partial charge in [0.2, 0.25) is 4.77 Å². The van der Waals surface area contributed by atoms with Crippen molar-refractivity contribution < 1.29 is 4.84 Å². The molecule has 5 heteroatoms. The molecular formula is C11H13N3OS. The van der Waals surface area contributed by atoms with Crippen molar-refractivity contribution in [1.29, 1.82) is 0 Å². The Labute approximate surface area is 99.0 Å². The van der Waals surface area contributed by atoms with E-state index in [1.807, 2.05) is 37.3 Å². The Bertz CT molecular complexity index is 503. The number of hydrogen-bond acceptors (Lipinski definition) is 3. The number of hydrogen-bond donors (Lipinski definition) is 0. The van der Waals surface area contributed by atoms with E-state index in [1.165, 1.54) is 4.73 Å². The van der Waals surface area contributed by atoms with Crippen molar-refractivity contribution in [2.75, 3.05) is 0 Å². The zero-order valence-electron chi connectivity index (χ0n) is 9.04. The summed E-state index contributed by atoms with van der Waals surface area (Å²) in [6.07, 6.45) is 1.59. The molecule has 0 amide bonds. The van der Waals surface area contributed by atoms with E-state index >= 15 is 0 Å². The molecule has 84 valence electrons. The molecule has 0 saturated heterocycles. The summed E-state index contributed by atoms with van der Waals surface area (Å²) in [5, 5.41) is 4.10. The second kappa shape index (κ2) is 4.94. The van der Waals surface area contributed by atoms with Crippen LogP contribution < -0.4 is 4.84 Å². The summed E-state index contributed by atoms with van der Waals surface area (Å²) in [6, 6.07) is 9.95. The maximum atomic E-state index is 5.53. The minimum absolute atomic E-state index is 0.491. The molecule has 16 heavy (non-hydrogen) atoms. The smallest absolute Gasteiger partial charge is 0.232 e. The molecule has 2 rings (SSSR count). The molecular weight excluding hydrogens is 222 g/mol. The number of aryl methyl sites for hydroxylation is 1. The SMILES string of the molecule is CCn1ncn(OCc2ccccc2)c1=S. The van der Waals surface area contributed by atoms with Gasteiger partial charge in [-0.15, -0.1) is 4.73 Å². The summed E-state index contributed by atoms with van der Waals surface area (Å²) >= 11 is 5.18. The maximum absolute atomic E-state index is 5.53. The van der Waals surface area contributed by atoms with Gasteiger partial charge in [0.15, 0.2) is 6.33 Å². The highest BCUT2D eigenvalue weighted by Crippen LogP contribution is 1.99. The van der Waals surface area contributed by atoms with E-state index in [2.05, 4.69) is 5.10 Å². The molecule has 0 atom stereocenters. The van der Waals surface area contributed by atoms with Gasteiger partial charge in [-0.25, -0.2) is 4.68 Å². The van der Waals surface area contributed by atoms with Crippen LogP contribution in [0.1, 0.15) is 12.5 Å². The zero-order chi connectivity index (χ0) is 11.4. The van der Waals surface area contributed by atoms with Crippen LogP contribution in [0.3, 0.4) is 0 Å². The molecule has 0 fully saturated rings. The minimum Gasteiger partial charge on any atom is -0.405 e. The Balaban J connectivity index is 2.05. The summed E-state index contributed by atoms with van der Waals surface area (Å²) in [6.45, 7) is 3.23. The fourth-order valence-corrected chi connectivity index (χ4v) is 1.62. The van der Waals surface area contributed by atoms with Gasteiger partial charge in [-0.05, 0) is 24.7 Å². The average molecular weight is 235 g/mol. The topological polar surface area (TPSA) is 32.0 Å². The van der Waals surface area contributed by atoms with E-state index in [9.17, 15) is 0 Å². The third-order valence-corrected chi connectivity index (χ3v) is 2.61. The van der Waals surface area contributed by atoms with Gasteiger partial charge in [0.25, 0.3) is 0 Å². The van der Waals surface area contributed by atoms with E-state index in [1.54, 1.807) is 11.0 Å². The van der Waals surface area contributed by atoms with Crippen LogP contribution in [0.5, 0.6) is 0 Å². The van der Waals surface area contributed by atoms with Crippen molar-refractivity contribution in [3.8, 4) is 0 Å². The Morgan fingerprint density at radius 1 is 1.31 bits per heavy atom. The van der Waals surface area contributed by atoms with E-state index in [-0.39, 0.29) is 0 Å². The van der Waals surface area contributed by atoms with Crippen LogP contribution in [0, 0.1) is 4.77 Å². The Morgan fingerprint density at radius 2 is 2.06 bits per heavy atom. The third kappa shape index (κ3) is 2.30. The molecule has 1 aromatic heterocycles. The highest BCUT2D eigenvalue weighted by Gasteiger charge is 2.00. The van der Waals surface area contributed by atoms with Gasteiger partial charge in [-0.1, -0.05) is 30.3 Å². The van der Waals surface area contributed by atoms with Gasteiger partial charge in [0, 0.05) is 6.54 Å². The molecule has 0 N–H and O–H groups in total. The van der Waals surface area contributed by atoms with Crippen LogP contribution >= 0.6 is 12.2 Å². The molecule has 2 aromatic rings. The molecule has 0 aliphatic rings. The van der Waals surface area contributed by atoms with Crippen LogP contribution in [0.4, 0.5) is 0 Å². The second-order valence-corrected chi connectivity index (χ2v) is 3.68. The standard InChI is InChI=1S/C11H13N3OS/c1-2-13-11(16)14(9-12-13)15-8-10-6-4-3-5-7-10/h3-7,9H,2,8H2,1H3. The number of benzene rings is 1. The van der Waals surface area contributed by atoms with Crippen molar-refractivity contribution in [3.63, 3.8) is 0 Å². The first-order valence-electron chi connectivity index (χ1n) is 5.13. The van der Waals surface area contributed by atoms with Gasteiger partial charge in [0.1, 0.15) is 6.61 Å². The van der Waals surface area contributed by atoms with E-state index in [0.717, 1.165) is 12.1 Å². The first kappa shape index (κ1) is 10.9. The van der Waals surface area contributed by atoms with Crippen LogP contribution in [-0.2, 0) is 13.2 Å². The van der Waals surface area contributed by atoms with Crippen LogP contribution in [0.15, 0.2) is 36.7 Å². The molecule has 0 radical (unpaired) electrons. The maximum Gasteiger partial charge on any atom is 0.232 e. The highest BCUT2D eigenvalue weighted by atomic mass is 32.1.